The van der Waals surface area contributed by atoms with Gasteiger partial charge in [-0.25, -0.2) is 4.79 Å². The van der Waals surface area contributed by atoms with E-state index >= 15 is 0 Å². The molecule has 2 atom stereocenters. The third kappa shape index (κ3) is 3.68. The van der Waals surface area contributed by atoms with Crippen molar-refractivity contribution in [1.29, 1.82) is 0 Å². The highest BCUT2D eigenvalue weighted by Crippen LogP contribution is 2.39. The number of nitrogens with one attached hydrogen (secondary N) is 1. The number of aryl methyl sites for hydroxylation is 2. The zero-order valence-electron chi connectivity index (χ0n) is 19.4. The minimum Gasteiger partial charge on any atom is -0.376 e. The first-order valence-electron chi connectivity index (χ1n) is 11.9. The molecule has 174 valence electrons. The Hall–Kier alpha value is -2.93. The molecule has 3 heterocycles. The van der Waals surface area contributed by atoms with Gasteiger partial charge in [0.2, 0.25) is 0 Å². The molecule has 1 N–H and O–H groups in total. The van der Waals surface area contributed by atoms with E-state index in [1.165, 1.54) is 0 Å². The molecule has 2 aromatic rings. The van der Waals surface area contributed by atoms with Crippen LogP contribution >= 0.6 is 0 Å². The Labute approximate surface area is 194 Å². The maximum atomic E-state index is 13.6. The normalized spacial score (nSPS) is 24.8. The monoisotopic (exact) mass is 449 g/mol. The lowest BCUT2D eigenvalue weighted by Crippen LogP contribution is -2.44. The molecule has 1 aromatic heterocycles. The lowest BCUT2D eigenvalue weighted by atomic mass is 9.84. The summed E-state index contributed by atoms with van der Waals surface area (Å²) in [5.74, 6) is -0.535. The van der Waals surface area contributed by atoms with E-state index < -0.39 is 11.6 Å². The largest absolute Gasteiger partial charge is 0.376 e. The van der Waals surface area contributed by atoms with Crippen molar-refractivity contribution in [2.45, 2.75) is 70.6 Å². The number of amides is 3. The second kappa shape index (κ2) is 8.45. The first-order valence-corrected chi connectivity index (χ1v) is 11.9. The number of aromatic nitrogens is 1. The molecule has 2 fully saturated rings. The van der Waals surface area contributed by atoms with Gasteiger partial charge < -0.3 is 14.6 Å². The molecule has 3 amide bonds. The van der Waals surface area contributed by atoms with Gasteiger partial charge in [-0.15, -0.1) is 0 Å². The maximum Gasteiger partial charge on any atom is 0.325 e. The Kier molecular flexibility index (Phi) is 5.60. The molecule has 33 heavy (non-hydrogen) atoms. The number of carbonyl (C=O) groups is 3. The SMILES string of the molecule is Cc1cc(C(=O)CN2C(=O)N[C@]3(CCCCc4ccccc43)C2=O)c(C)n1C[C@H]1CCCO1. The van der Waals surface area contributed by atoms with Crippen LogP contribution in [0, 0.1) is 13.8 Å². The minimum absolute atomic E-state index is 0.166. The molecule has 7 nitrogen and oxygen atoms in total. The molecule has 1 aromatic carbocycles. The molecule has 1 aliphatic carbocycles. The molecule has 3 aliphatic rings. The van der Waals surface area contributed by atoms with Gasteiger partial charge in [-0.3, -0.25) is 14.5 Å². The van der Waals surface area contributed by atoms with Crippen LogP contribution < -0.4 is 5.32 Å². The maximum absolute atomic E-state index is 13.6. The van der Waals surface area contributed by atoms with Gasteiger partial charge in [0.25, 0.3) is 5.91 Å². The number of rotatable bonds is 5. The number of hydrogen-bond donors (Lipinski definition) is 1. The third-order valence-electron chi connectivity index (χ3n) is 7.49. The molecule has 5 rings (SSSR count). The fraction of sp³-hybridized carbons (Fsp3) is 0.500. The number of ketones is 1. The zero-order chi connectivity index (χ0) is 23.2. The number of fused-ring (bicyclic) bond motifs is 2. The summed E-state index contributed by atoms with van der Waals surface area (Å²) in [6, 6.07) is 9.20. The lowest BCUT2D eigenvalue weighted by molar-refractivity contribution is -0.131. The van der Waals surface area contributed by atoms with Crippen LogP contribution in [-0.2, 0) is 28.0 Å². The van der Waals surface area contributed by atoms with E-state index in [1.807, 2.05) is 44.2 Å². The molecule has 2 aliphatic heterocycles. The van der Waals surface area contributed by atoms with E-state index in [1.54, 1.807) is 0 Å². The summed E-state index contributed by atoms with van der Waals surface area (Å²) in [5, 5.41) is 2.97. The Bertz CT molecular complexity index is 1110. The highest BCUT2D eigenvalue weighted by Gasteiger charge is 2.53. The van der Waals surface area contributed by atoms with Gasteiger partial charge in [0.05, 0.1) is 12.6 Å². The van der Waals surface area contributed by atoms with E-state index in [-0.39, 0.29) is 24.3 Å². The Morgan fingerprint density at radius 1 is 1.18 bits per heavy atom. The second-order valence-corrected chi connectivity index (χ2v) is 9.54. The molecule has 2 saturated heterocycles. The van der Waals surface area contributed by atoms with Crippen molar-refractivity contribution in [3.63, 3.8) is 0 Å². The second-order valence-electron chi connectivity index (χ2n) is 9.54. The Morgan fingerprint density at radius 2 is 2.00 bits per heavy atom. The van der Waals surface area contributed by atoms with Gasteiger partial charge in [-0.1, -0.05) is 24.3 Å². The highest BCUT2D eigenvalue weighted by atomic mass is 16.5. The molecule has 0 saturated carbocycles. The van der Waals surface area contributed by atoms with E-state index in [9.17, 15) is 14.4 Å². The number of nitrogens with zero attached hydrogens (tertiary/aromatic N) is 2. The number of imide groups is 1. The van der Waals surface area contributed by atoms with Gasteiger partial charge >= 0.3 is 6.03 Å². The summed E-state index contributed by atoms with van der Waals surface area (Å²) in [6.07, 6.45) is 5.49. The fourth-order valence-electron chi connectivity index (χ4n) is 5.70. The number of Topliss-reactive ketones (excluding diaryl/α,β-unsaturated/α-hetero) is 1. The Morgan fingerprint density at radius 3 is 2.79 bits per heavy atom. The number of urea groups is 1. The average Bonchev–Trinajstić information content (AvgIpc) is 3.44. The van der Waals surface area contributed by atoms with Crippen LogP contribution in [0.4, 0.5) is 4.79 Å². The summed E-state index contributed by atoms with van der Waals surface area (Å²) in [7, 11) is 0. The van der Waals surface area contributed by atoms with Crippen molar-refractivity contribution in [2.24, 2.45) is 0 Å². The van der Waals surface area contributed by atoms with Gasteiger partial charge in [0.1, 0.15) is 5.54 Å². The van der Waals surface area contributed by atoms with Crippen LogP contribution in [-0.4, -0.2) is 46.4 Å². The minimum atomic E-state index is -1.07. The third-order valence-corrected chi connectivity index (χ3v) is 7.49. The van der Waals surface area contributed by atoms with Crippen molar-refractivity contribution in [1.82, 2.24) is 14.8 Å². The van der Waals surface area contributed by atoms with Crippen molar-refractivity contribution in [3.05, 3.63) is 58.4 Å². The van der Waals surface area contributed by atoms with Crippen LogP contribution in [0.1, 0.15) is 65.0 Å². The first-order chi connectivity index (χ1) is 15.9. The molecule has 1 spiro atoms. The fourth-order valence-corrected chi connectivity index (χ4v) is 5.70. The van der Waals surface area contributed by atoms with Gasteiger partial charge in [0.15, 0.2) is 5.78 Å². The quantitative estimate of drug-likeness (QED) is 0.558. The topological polar surface area (TPSA) is 80.6 Å². The summed E-state index contributed by atoms with van der Waals surface area (Å²) in [6.45, 7) is 5.15. The number of benzene rings is 1. The van der Waals surface area contributed by atoms with Crippen LogP contribution in [0.3, 0.4) is 0 Å². The van der Waals surface area contributed by atoms with E-state index in [0.717, 1.165) is 66.1 Å². The number of carbonyl (C=O) groups excluding carboxylic acids is 3. The van der Waals surface area contributed by atoms with E-state index in [4.69, 9.17) is 4.74 Å². The Balaban J connectivity index is 1.39. The number of hydrogen-bond acceptors (Lipinski definition) is 4. The van der Waals surface area contributed by atoms with Crippen LogP contribution in [0.15, 0.2) is 30.3 Å². The summed E-state index contributed by atoms with van der Waals surface area (Å²) in [4.78, 5) is 41.0. The molecular formula is C26H31N3O4. The predicted octanol–water partition coefficient (Wildman–Crippen LogP) is 3.64. The van der Waals surface area contributed by atoms with Gasteiger partial charge in [-0.05, 0) is 69.6 Å². The first kappa shape index (κ1) is 21.9. The van der Waals surface area contributed by atoms with Crippen LogP contribution in [0.2, 0.25) is 0 Å². The summed E-state index contributed by atoms with van der Waals surface area (Å²) in [5.41, 5.74) is 3.29. The average molecular weight is 450 g/mol. The van der Waals surface area contributed by atoms with Crippen molar-refractivity contribution in [2.75, 3.05) is 13.2 Å². The molecule has 7 heteroatoms. The van der Waals surface area contributed by atoms with Crippen LogP contribution in [0.5, 0.6) is 0 Å². The van der Waals surface area contributed by atoms with E-state index in [0.29, 0.717) is 18.5 Å². The number of ether oxygens (including phenoxy) is 1. The lowest BCUT2D eigenvalue weighted by Gasteiger charge is -2.27. The van der Waals surface area contributed by atoms with Crippen molar-refractivity contribution < 1.29 is 19.1 Å². The summed E-state index contributed by atoms with van der Waals surface area (Å²) >= 11 is 0. The van der Waals surface area contributed by atoms with Gasteiger partial charge in [-0.2, -0.15) is 0 Å². The highest BCUT2D eigenvalue weighted by molar-refractivity contribution is 6.11. The predicted molar refractivity (Wildman–Crippen MR) is 123 cm³/mol. The van der Waals surface area contributed by atoms with Gasteiger partial charge in [0, 0.05) is 30.1 Å². The zero-order valence-corrected chi connectivity index (χ0v) is 19.4. The molecular weight excluding hydrogens is 418 g/mol. The summed E-state index contributed by atoms with van der Waals surface area (Å²) < 4.78 is 7.87. The standard InChI is InChI=1S/C26H31N3O4/c1-17-14-21(18(2)28(17)15-20-10-7-13-33-20)23(30)16-29-24(31)26(27-25(29)32)12-6-5-9-19-8-3-4-11-22(19)26/h3-4,8,11,14,20H,5-7,9-10,12-13,15-16H2,1-2H3,(H,27,32)/t20-,26+/m1/s1. The molecule has 0 bridgehead atoms. The van der Waals surface area contributed by atoms with Crippen LogP contribution in [0.25, 0.3) is 0 Å². The smallest absolute Gasteiger partial charge is 0.325 e. The van der Waals surface area contributed by atoms with Crippen molar-refractivity contribution in [3.8, 4) is 0 Å². The molecule has 0 radical (unpaired) electrons. The van der Waals surface area contributed by atoms with E-state index in [2.05, 4.69) is 9.88 Å². The molecule has 0 unspecified atom stereocenters. The van der Waals surface area contributed by atoms with Crippen molar-refractivity contribution >= 4 is 17.7 Å².